The third kappa shape index (κ3) is 9.99. The van der Waals surface area contributed by atoms with E-state index in [2.05, 4.69) is 19.3 Å². The summed E-state index contributed by atoms with van der Waals surface area (Å²) in [5.41, 5.74) is 2.36. The second-order valence-electron chi connectivity index (χ2n) is 7.95. The fourth-order valence-electron chi connectivity index (χ4n) is 3.63. The molecular weight excluding hydrogens is 371 g/mol. The van der Waals surface area contributed by atoms with E-state index in [9.17, 15) is 14.4 Å². The van der Waals surface area contributed by atoms with Crippen molar-refractivity contribution in [3.63, 3.8) is 0 Å². The van der Waals surface area contributed by atoms with E-state index in [0.717, 1.165) is 17.9 Å². The van der Waals surface area contributed by atoms with Crippen molar-refractivity contribution < 1.29 is 14.4 Å². The summed E-state index contributed by atoms with van der Waals surface area (Å²) >= 11 is 1.66. The molecule has 1 N–H and O–H groups in total. The van der Waals surface area contributed by atoms with Gasteiger partial charge < -0.3 is 0 Å². The number of unbranched alkanes of at least 4 members (excludes halogenated alkanes) is 9. The molecule has 0 aliphatic carbocycles. The van der Waals surface area contributed by atoms with Crippen LogP contribution in [0.15, 0.2) is 0 Å². The fourth-order valence-corrected chi connectivity index (χ4v) is 5.16. The Kier molecular flexibility index (Phi) is 13.4. The van der Waals surface area contributed by atoms with Crippen LogP contribution in [0, 0.1) is 0 Å². The number of amides is 3. The van der Waals surface area contributed by atoms with Crippen LogP contribution in [0.4, 0.5) is 4.79 Å². The molecule has 1 rings (SSSR count). The van der Waals surface area contributed by atoms with Crippen molar-refractivity contribution in [3.05, 3.63) is 0 Å². The highest BCUT2D eigenvalue weighted by atomic mass is 32.2. The van der Waals surface area contributed by atoms with Gasteiger partial charge in [0.25, 0.3) is 5.91 Å². The van der Waals surface area contributed by atoms with Crippen LogP contribution in [0.1, 0.15) is 104 Å². The van der Waals surface area contributed by atoms with E-state index in [4.69, 9.17) is 0 Å². The van der Waals surface area contributed by atoms with Gasteiger partial charge in [0.15, 0.2) is 5.81 Å². The van der Waals surface area contributed by atoms with Crippen LogP contribution >= 0.6 is 11.8 Å². The third-order valence-electron chi connectivity index (χ3n) is 5.24. The Bertz CT molecular complexity index is 490. The van der Waals surface area contributed by atoms with Gasteiger partial charge in [-0.1, -0.05) is 84.5 Å². The summed E-state index contributed by atoms with van der Waals surface area (Å²) in [7, 11) is 1.32. The van der Waals surface area contributed by atoms with Crippen molar-refractivity contribution in [2.24, 2.45) is 0 Å². The highest BCUT2D eigenvalue weighted by Crippen LogP contribution is 2.33. The second kappa shape index (κ2) is 14.9. The first-order valence-electron chi connectivity index (χ1n) is 11.3. The molecule has 0 radical (unpaired) electrons. The lowest BCUT2D eigenvalue weighted by Gasteiger charge is -2.20. The maximum Gasteiger partial charge on any atom is 0.261 e. The molecule has 2 atom stereocenters. The number of imide groups is 1. The first kappa shape index (κ1) is 25.1. The highest BCUT2D eigenvalue weighted by Gasteiger charge is 2.40. The summed E-state index contributed by atoms with van der Waals surface area (Å²) < 4.78 is 0. The third-order valence-corrected chi connectivity index (χ3v) is 6.79. The van der Waals surface area contributed by atoms with E-state index < -0.39 is 0 Å². The van der Waals surface area contributed by atoms with Crippen molar-refractivity contribution in [2.75, 3.05) is 0 Å². The molecule has 5 nitrogen and oxygen atoms in total. The van der Waals surface area contributed by atoms with E-state index in [1.165, 1.54) is 78.5 Å². The number of hydrogen-bond acceptors (Lipinski definition) is 4. The number of hydrogen-bond donors (Lipinski definition) is 1. The lowest BCUT2D eigenvalue weighted by molar-refractivity contribution is -0.140. The minimum absolute atomic E-state index is 0.201. The number of hydrazine groups is 1. The maximum absolute atomic E-state index is 12.5. The summed E-state index contributed by atoms with van der Waals surface area (Å²) in [5.74, 6) is -0.935. The molecule has 1 aliphatic rings. The molecule has 3 amide bonds. The van der Waals surface area contributed by atoms with Gasteiger partial charge in [0.05, 0.1) is 5.25 Å². The van der Waals surface area contributed by atoms with E-state index in [1.807, 2.05) is 0 Å². The predicted octanol–water partition coefficient (Wildman–Crippen LogP) is 4.58. The molecule has 28 heavy (non-hydrogen) atoms. The Morgan fingerprint density at radius 1 is 1.00 bits per heavy atom. The van der Waals surface area contributed by atoms with Gasteiger partial charge in [-0.25, -0.2) is 0 Å². The normalized spacial score (nSPS) is 17.9. The summed E-state index contributed by atoms with van der Waals surface area (Å²) in [5, 5.41) is 0.996. The van der Waals surface area contributed by atoms with Crippen molar-refractivity contribution in [1.29, 1.82) is 0 Å². The zero-order valence-electron chi connectivity index (χ0n) is 18.1. The molecule has 1 aliphatic heterocycles. The zero-order chi connectivity index (χ0) is 20.8. The van der Waals surface area contributed by atoms with Crippen molar-refractivity contribution in [2.45, 2.75) is 114 Å². The van der Waals surface area contributed by atoms with Crippen molar-refractivity contribution in [3.8, 4) is 0 Å². The largest absolute Gasteiger partial charge is 0.287 e. The van der Waals surface area contributed by atoms with Crippen LogP contribution in [0.2, 0.25) is 0 Å². The molecule has 1 fully saturated rings. The van der Waals surface area contributed by atoms with Crippen LogP contribution in [0.25, 0.3) is 0 Å². The lowest BCUT2D eigenvalue weighted by Crippen LogP contribution is -2.46. The number of nitrogens with zero attached hydrogens (tertiary/aromatic N) is 1. The van der Waals surface area contributed by atoms with Crippen LogP contribution < -0.4 is 5.43 Å². The Hall–Kier alpha value is -0.975. The molecule has 1 heterocycles. The van der Waals surface area contributed by atoms with Gasteiger partial charge in [0.2, 0.25) is 13.8 Å². The highest BCUT2D eigenvalue weighted by molar-refractivity contribution is 8.01. The summed E-state index contributed by atoms with van der Waals surface area (Å²) in [4.78, 5) is 35.8. The number of carbonyl (C=O) groups excluding carboxylic acids is 3. The predicted molar refractivity (Wildman–Crippen MR) is 120 cm³/mol. The first-order chi connectivity index (χ1) is 13.5. The summed E-state index contributed by atoms with van der Waals surface area (Å²) in [6, 6.07) is 0. The smallest absolute Gasteiger partial charge is 0.261 e. The number of thioether (sulfide) groups is 1. The van der Waals surface area contributed by atoms with Gasteiger partial charge in [0.1, 0.15) is 0 Å². The minimum atomic E-state index is -0.382. The molecular formula is C21H39BN2O3S. The van der Waals surface area contributed by atoms with E-state index in [1.54, 1.807) is 11.8 Å². The van der Waals surface area contributed by atoms with Crippen molar-refractivity contribution >= 4 is 37.2 Å². The van der Waals surface area contributed by atoms with Gasteiger partial charge in [0, 0.05) is 11.7 Å². The molecule has 2 unspecified atom stereocenters. The van der Waals surface area contributed by atoms with Crippen LogP contribution in [-0.2, 0) is 9.59 Å². The molecule has 160 valence electrons. The maximum atomic E-state index is 12.5. The fraction of sp³-hybridized carbons (Fsp3) is 0.857. The van der Waals surface area contributed by atoms with E-state index in [0.29, 0.717) is 5.25 Å². The Balaban J connectivity index is 2.49. The van der Waals surface area contributed by atoms with Gasteiger partial charge in [-0.3, -0.25) is 19.8 Å². The molecule has 0 saturated carbocycles. The molecule has 1 saturated heterocycles. The van der Waals surface area contributed by atoms with E-state index in [-0.39, 0.29) is 29.3 Å². The standard InChI is InChI=1S/C21H39BN2O3S/c1-3-5-7-9-11-13-15-17(14-12-10-8-6-4-2)28-18-16-19(25)24(20(18)26)23-21(22)27/h17-18H,3-16,22H2,1-2H3,(H,23,27). The van der Waals surface area contributed by atoms with Gasteiger partial charge in [-0.2, -0.15) is 5.01 Å². The molecule has 0 aromatic carbocycles. The number of nitrogens with one attached hydrogen (secondary N) is 1. The van der Waals surface area contributed by atoms with Crippen LogP contribution in [-0.4, -0.2) is 41.0 Å². The monoisotopic (exact) mass is 410 g/mol. The Morgan fingerprint density at radius 2 is 1.50 bits per heavy atom. The van der Waals surface area contributed by atoms with E-state index >= 15 is 0 Å². The zero-order valence-corrected chi connectivity index (χ0v) is 19.0. The molecule has 7 heteroatoms. The van der Waals surface area contributed by atoms with Crippen LogP contribution in [0.3, 0.4) is 0 Å². The quantitative estimate of drug-likeness (QED) is 0.230. The SMILES string of the molecule is BC(=O)NN1C(=O)CC(SC(CCCCCCC)CCCCCCCC)C1=O. The second-order valence-corrected chi connectivity index (χ2v) is 9.45. The first-order valence-corrected chi connectivity index (χ1v) is 12.2. The van der Waals surface area contributed by atoms with Crippen LogP contribution in [0.5, 0.6) is 0 Å². The molecule has 0 bridgehead atoms. The topological polar surface area (TPSA) is 66.5 Å². The summed E-state index contributed by atoms with van der Waals surface area (Å²) in [6.45, 7) is 4.45. The molecule has 0 aromatic rings. The average Bonchev–Trinajstić information content (AvgIpc) is 2.91. The lowest BCUT2D eigenvalue weighted by atomic mass is 10.0. The van der Waals surface area contributed by atoms with Gasteiger partial charge in [-0.05, 0) is 12.8 Å². The number of carbonyl (C=O) groups is 3. The Morgan fingerprint density at radius 3 is 2.00 bits per heavy atom. The molecule has 0 aromatic heterocycles. The average molecular weight is 410 g/mol. The Labute approximate surface area is 176 Å². The van der Waals surface area contributed by atoms with Gasteiger partial charge >= 0.3 is 0 Å². The molecule has 0 spiro atoms. The van der Waals surface area contributed by atoms with Crippen molar-refractivity contribution in [1.82, 2.24) is 10.4 Å². The summed E-state index contributed by atoms with van der Waals surface area (Å²) in [6.07, 6.45) is 16.3. The van der Waals surface area contributed by atoms with Gasteiger partial charge in [-0.15, -0.1) is 11.8 Å². The number of rotatable bonds is 16. The minimum Gasteiger partial charge on any atom is -0.287 e.